The summed E-state index contributed by atoms with van der Waals surface area (Å²) in [6.07, 6.45) is 0. The molecule has 5 nitrogen and oxygen atoms in total. The number of methoxy groups -OCH3 is 1. The summed E-state index contributed by atoms with van der Waals surface area (Å²) in [5, 5.41) is 0. The molecule has 0 aromatic heterocycles. The molecule has 2 rings (SSSR count). The molecule has 1 aromatic carbocycles. The number of hydrogen-bond acceptors (Lipinski definition) is 5. The number of hydrogen-bond donors (Lipinski definition) is 0. The van der Waals surface area contributed by atoms with Gasteiger partial charge in [0, 0.05) is 6.54 Å². The first kappa shape index (κ1) is 12.6. The van der Waals surface area contributed by atoms with Crippen LogP contribution in [0, 0.1) is 0 Å². The van der Waals surface area contributed by atoms with Gasteiger partial charge in [0.1, 0.15) is 12.6 Å². The minimum absolute atomic E-state index is 0.132. The first-order valence-electron chi connectivity index (χ1n) is 5.72. The van der Waals surface area contributed by atoms with Crippen molar-refractivity contribution in [1.82, 2.24) is 4.90 Å². The molecule has 2 unspecified atom stereocenters. The van der Waals surface area contributed by atoms with Crippen LogP contribution < -0.4 is 0 Å². The molecule has 0 amide bonds. The lowest BCUT2D eigenvalue weighted by atomic mass is 10.2. The molecule has 0 bridgehead atoms. The molecule has 1 aliphatic rings. The highest BCUT2D eigenvalue weighted by Gasteiger charge is 2.42. The van der Waals surface area contributed by atoms with Gasteiger partial charge in [-0.2, -0.15) is 0 Å². The first-order chi connectivity index (χ1) is 8.70. The topological polar surface area (TPSA) is 55.6 Å². The van der Waals surface area contributed by atoms with Gasteiger partial charge in [0.2, 0.25) is 0 Å². The summed E-state index contributed by atoms with van der Waals surface area (Å²) in [7, 11) is 1.34. The summed E-state index contributed by atoms with van der Waals surface area (Å²) >= 11 is 0. The Hall–Kier alpha value is -1.88. The molecule has 2 atom stereocenters. The fourth-order valence-electron chi connectivity index (χ4n) is 1.66. The predicted molar refractivity (Wildman–Crippen MR) is 63.6 cm³/mol. The van der Waals surface area contributed by atoms with Crippen molar-refractivity contribution in [3.63, 3.8) is 0 Å². The molecule has 1 fully saturated rings. The molecular formula is C13H15NO4. The first-order valence-corrected chi connectivity index (χ1v) is 5.72. The number of esters is 2. The Balaban J connectivity index is 1.69. The van der Waals surface area contributed by atoms with Crippen molar-refractivity contribution in [2.24, 2.45) is 0 Å². The van der Waals surface area contributed by atoms with Gasteiger partial charge < -0.3 is 9.47 Å². The molecule has 0 spiro atoms. The molecule has 18 heavy (non-hydrogen) atoms. The molecule has 1 heterocycles. The van der Waals surface area contributed by atoms with Gasteiger partial charge in [-0.15, -0.1) is 0 Å². The highest BCUT2D eigenvalue weighted by molar-refractivity contribution is 5.81. The summed E-state index contributed by atoms with van der Waals surface area (Å²) in [6.45, 7) is 0.954. The molecule has 5 heteroatoms. The van der Waals surface area contributed by atoms with Crippen LogP contribution >= 0.6 is 0 Å². The third-order valence-corrected chi connectivity index (χ3v) is 2.76. The molecule has 0 saturated carbocycles. The second-order valence-corrected chi connectivity index (χ2v) is 4.11. The van der Waals surface area contributed by atoms with Crippen molar-refractivity contribution in [2.45, 2.75) is 12.6 Å². The normalized spacial score (nSPS) is 21.2. The maximum atomic E-state index is 11.5. The fraction of sp³-hybridized carbons (Fsp3) is 0.385. The van der Waals surface area contributed by atoms with Gasteiger partial charge in [0.25, 0.3) is 0 Å². The van der Waals surface area contributed by atoms with Gasteiger partial charge >= 0.3 is 11.9 Å². The monoisotopic (exact) mass is 249 g/mol. The van der Waals surface area contributed by atoms with E-state index in [-0.39, 0.29) is 31.1 Å². The van der Waals surface area contributed by atoms with Crippen molar-refractivity contribution >= 4 is 11.9 Å². The van der Waals surface area contributed by atoms with Crippen molar-refractivity contribution < 1.29 is 19.1 Å². The predicted octanol–water partition coefficient (Wildman–Crippen LogP) is 0.587. The Morgan fingerprint density at radius 2 is 2.06 bits per heavy atom. The summed E-state index contributed by atoms with van der Waals surface area (Å²) < 4.78 is 9.69. The molecule has 1 aliphatic heterocycles. The lowest BCUT2D eigenvalue weighted by molar-refractivity contribution is -0.145. The van der Waals surface area contributed by atoms with Gasteiger partial charge in [-0.05, 0) is 5.56 Å². The van der Waals surface area contributed by atoms with Crippen LogP contribution in [0.15, 0.2) is 30.3 Å². The number of carbonyl (C=O) groups is 2. The van der Waals surface area contributed by atoms with Gasteiger partial charge in [0.05, 0.1) is 13.7 Å². The van der Waals surface area contributed by atoms with Gasteiger partial charge in [0.15, 0.2) is 0 Å². The van der Waals surface area contributed by atoms with Crippen LogP contribution in [-0.4, -0.2) is 43.1 Å². The Bertz CT molecular complexity index is 432. The largest absolute Gasteiger partial charge is 0.468 e. The van der Waals surface area contributed by atoms with Crippen molar-refractivity contribution in [3.05, 3.63) is 35.9 Å². The van der Waals surface area contributed by atoms with E-state index in [1.807, 2.05) is 30.3 Å². The number of benzene rings is 1. The lowest BCUT2D eigenvalue weighted by Crippen LogP contribution is -2.21. The van der Waals surface area contributed by atoms with Crippen molar-refractivity contribution in [2.75, 3.05) is 20.2 Å². The highest BCUT2D eigenvalue weighted by Crippen LogP contribution is 2.18. The van der Waals surface area contributed by atoms with Crippen LogP contribution in [0.2, 0.25) is 0 Å². The molecule has 1 aromatic rings. The second kappa shape index (κ2) is 5.64. The van der Waals surface area contributed by atoms with Crippen LogP contribution in [0.5, 0.6) is 0 Å². The zero-order chi connectivity index (χ0) is 13.0. The quantitative estimate of drug-likeness (QED) is 0.564. The summed E-state index contributed by atoms with van der Waals surface area (Å²) in [4.78, 5) is 24.3. The highest BCUT2D eigenvalue weighted by atomic mass is 16.5. The molecule has 0 radical (unpaired) electrons. The third kappa shape index (κ3) is 3.30. The molecular weight excluding hydrogens is 234 g/mol. The Kier molecular flexibility index (Phi) is 3.94. The number of nitrogens with zero attached hydrogens (tertiary/aromatic N) is 1. The molecule has 1 saturated heterocycles. The van der Waals surface area contributed by atoms with E-state index in [0.29, 0.717) is 6.54 Å². The standard InChI is InChI=1S/C13H15NO4/c1-17-13(16)11-7-14(11)8-12(15)18-9-10-5-3-2-4-6-10/h2-6,11H,7-9H2,1H3. The SMILES string of the molecule is COC(=O)C1CN1CC(=O)OCc1ccccc1. The molecule has 0 N–H and O–H groups in total. The number of carbonyl (C=O) groups excluding carboxylic acids is 2. The van der Waals surface area contributed by atoms with E-state index in [1.165, 1.54) is 7.11 Å². The minimum Gasteiger partial charge on any atom is -0.468 e. The van der Waals surface area contributed by atoms with E-state index in [4.69, 9.17) is 4.74 Å². The Morgan fingerprint density at radius 3 is 2.72 bits per heavy atom. The summed E-state index contributed by atoms with van der Waals surface area (Å²) in [5.74, 6) is -0.629. The van der Waals surface area contributed by atoms with E-state index in [1.54, 1.807) is 4.90 Å². The fourth-order valence-corrected chi connectivity index (χ4v) is 1.66. The zero-order valence-corrected chi connectivity index (χ0v) is 10.2. The van der Waals surface area contributed by atoms with Crippen LogP contribution in [0.1, 0.15) is 5.56 Å². The van der Waals surface area contributed by atoms with Gasteiger partial charge in [-0.1, -0.05) is 30.3 Å². The van der Waals surface area contributed by atoms with Gasteiger partial charge in [-0.3, -0.25) is 14.5 Å². The van der Waals surface area contributed by atoms with Crippen LogP contribution in [-0.2, 0) is 25.7 Å². The van der Waals surface area contributed by atoms with E-state index < -0.39 is 0 Å². The maximum absolute atomic E-state index is 11.5. The second-order valence-electron chi connectivity index (χ2n) is 4.11. The van der Waals surface area contributed by atoms with Crippen LogP contribution in [0.4, 0.5) is 0 Å². The van der Waals surface area contributed by atoms with Gasteiger partial charge in [-0.25, -0.2) is 0 Å². The third-order valence-electron chi connectivity index (χ3n) is 2.76. The van der Waals surface area contributed by atoms with E-state index >= 15 is 0 Å². The number of ether oxygens (including phenoxy) is 2. The minimum atomic E-state index is -0.328. The smallest absolute Gasteiger partial charge is 0.324 e. The van der Waals surface area contributed by atoms with Crippen molar-refractivity contribution in [1.29, 1.82) is 0 Å². The molecule has 0 aliphatic carbocycles. The Labute approximate surface area is 105 Å². The van der Waals surface area contributed by atoms with Crippen LogP contribution in [0.25, 0.3) is 0 Å². The summed E-state index contributed by atoms with van der Waals surface area (Å²) in [5.41, 5.74) is 0.946. The van der Waals surface area contributed by atoms with Crippen molar-refractivity contribution in [3.8, 4) is 0 Å². The average molecular weight is 249 g/mol. The van der Waals surface area contributed by atoms with E-state index in [2.05, 4.69) is 4.74 Å². The number of rotatable bonds is 5. The average Bonchev–Trinajstić information content (AvgIpc) is 3.16. The van der Waals surface area contributed by atoms with E-state index in [0.717, 1.165) is 5.56 Å². The van der Waals surface area contributed by atoms with Crippen LogP contribution in [0.3, 0.4) is 0 Å². The Morgan fingerprint density at radius 1 is 1.33 bits per heavy atom. The lowest BCUT2D eigenvalue weighted by Gasteiger charge is -2.05. The van der Waals surface area contributed by atoms with E-state index in [9.17, 15) is 9.59 Å². The summed E-state index contributed by atoms with van der Waals surface area (Å²) in [6, 6.07) is 9.19. The molecule has 96 valence electrons. The maximum Gasteiger partial charge on any atom is 0.324 e. The zero-order valence-electron chi connectivity index (χ0n) is 10.2.